The number of carbonyl (C=O) groups excluding carboxylic acids is 3. The first-order chi connectivity index (χ1) is 7.95. The fourth-order valence-corrected chi connectivity index (χ4v) is 1.79. The van der Waals surface area contributed by atoms with E-state index in [1.165, 1.54) is 0 Å². The number of amides is 3. The molecule has 0 aromatic carbocycles. The van der Waals surface area contributed by atoms with E-state index in [1.54, 1.807) is 0 Å². The molecule has 1 rings (SSSR count). The van der Waals surface area contributed by atoms with Crippen molar-refractivity contribution in [2.75, 3.05) is 0 Å². The zero-order valence-electron chi connectivity index (χ0n) is 10.2. The van der Waals surface area contributed by atoms with Crippen LogP contribution in [0.2, 0.25) is 0 Å². The van der Waals surface area contributed by atoms with Crippen LogP contribution in [0.3, 0.4) is 0 Å². The fraction of sp³-hybridized carbons (Fsp3) is 0.727. The molecule has 0 aromatic rings. The Morgan fingerprint density at radius 1 is 1.59 bits per heavy atom. The van der Waals surface area contributed by atoms with Gasteiger partial charge in [-0.15, -0.1) is 0 Å². The molecule has 0 unspecified atom stereocenters. The van der Waals surface area contributed by atoms with Crippen molar-refractivity contribution >= 4 is 17.7 Å². The number of hydrogen-bond donors (Lipinski definition) is 3. The van der Waals surface area contributed by atoms with Gasteiger partial charge in [0.15, 0.2) is 0 Å². The van der Waals surface area contributed by atoms with E-state index in [1.807, 2.05) is 13.8 Å². The van der Waals surface area contributed by atoms with Crippen LogP contribution in [0, 0.1) is 5.92 Å². The summed E-state index contributed by atoms with van der Waals surface area (Å²) >= 11 is 0. The number of carbonyl (C=O) groups is 3. The van der Waals surface area contributed by atoms with E-state index >= 15 is 0 Å². The van der Waals surface area contributed by atoms with Crippen molar-refractivity contribution in [1.82, 2.24) is 10.6 Å². The van der Waals surface area contributed by atoms with Crippen molar-refractivity contribution in [3.05, 3.63) is 0 Å². The Bertz CT molecular complexity index is 330. The molecule has 6 heteroatoms. The van der Waals surface area contributed by atoms with Crippen molar-refractivity contribution in [3.63, 3.8) is 0 Å². The summed E-state index contributed by atoms with van der Waals surface area (Å²) in [5.41, 5.74) is 5.25. The molecule has 0 saturated carbocycles. The van der Waals surface area contributed by atoms with E-state index in [0.29, 0.717) is 12.8 Å². The van der Waals surface area contributed by atoms with Crippen molar-refractivity contribution in [3.8, 4) is 0 Å². The first-order valence-electron chi connectivity index (χ1n) is 5.84. The number of rotatable bonds is 5. The standard InChI is InChI=1S/C11H19N3O3/c1-3-6(2)9(10(12)16)14-11(17)7-4-5-8(15)13-7/h6-7,9H,3-5H2,1-2H3,(H2,12,16)(H,13,15)(H,14,17)/t6-,7-,9-/m1/s1. The average Bonchev–Trinajstić information content (AvgIpc) is 2.71. The minimum atomic E-state index is -0.676. The molecule has 3 amide bonds. The Morgan fingerprint density at radius 2 is 2.24 bits per heavy atom. The van der Waals surface area contributed by atoms with Crippen LogP contribution < -0.4 is 16.4 Å². The van der Waals surface area contributed by atoms with Gasteiger partial charge in [0.1, 0.15) is 12.1 Å². The van der Waals surface area contributed by atoms with Gasteiger partial charge in [-0.3, -0.25) is 14.4 Å². The number of primary amides is 1. The van der Waals surface area contributed by atoms with E-state index in [2.05, 4.69) is 10.6 Å². The molecule has 4 N–H and O–H groups in total. The van der Waals surface area contributed by atoms with Crippen LogP contribution in [0.5, 0.6) is 0 Å². The van der Waals surface area contributed by atoms with E-state index < -0.39 is 18.0 Å². The van der Waals surface area contributed by atoms with Gasteiger partial charge in [-0.1, -0.05) is 20.3 Å². The van der Waals surface area contributed by atoms with Gasteiger partial charge in [0.05, 0.1) is 0 Å². The van der Waals surface area contributed by atoms with Crippen LogP contribution >= 0.6 is 0 Å². The van der Waals surface area contributed by atoms with Gasteiger partial charge in [-0.25, -0.2) is 0 Å². The van der Waals surface area contributed by atoms with Crippen molar-refractivity contribution in [2.45, 2.75) is 45.2 Å². The summed E-state index contributed by atoms with van der Waals surface area (Å²) in [5, 5.41) is 5.15. The van der Waals surface area contributed by atoms with Gasteiger partial charge in [0.25, 0.3) is 0 Å². The fourth-order valence-electron chi connectivity index (χ4n) is 1.79. The summed E-state index contributed by atoms with van der Waals surface area (Å²) in [7, 11) is 0. The summed E-state index contributed by atoms with van der Waals surface area (Å²) in [6, 6.07) is -1.21. The van der Waals surface area contributed by atoms with Crippen LogP contribution in [0.25, 0.3) is 0 Å². The maximum absolute atomic E-state index is 11.8. The lowest BCUT2D eigenvalue weighted by Gasteiger charge is -2.22. The second-order valence-electron chi connectivity index (χ2n) is 4.43. The Hall–Kier alpha value is -1.59. The first-order valence-corrected chi connectivity index (χ1v) is 5.84. The Balaban J connectivity index is 2.58. The molecule has 1 fully saturated rings. The Morgan fingerprint density at radius 3 is 2.65 bits per heavy atom. The smallest absolute Gasteiger partial charge is 0.243 e. The molecule has 0 radical (unpaired) electrons. The van der Waals surface area contributed by atoms with Crippen LogP contribution in [0.4, 0.5) is 0 Å². The first kappa shape index (κ1) is 13.5. The molecule has 1 saturated heterocycles. The average molecular weight is 241 g/mol. The van der Waals surface area contributed by atoms with Crippen LogP contribution in [0.15, 0.2) is 0 Å². The summed E-state index contributed by atoms with van der Waals surface area (Å²) in [4.78, 5) is 34.0. The van der Waals surface area contributed by atoms with Crippen molar-refractivity contribution in [2.24, 2.45) is 11.7 Å². The number of nitrogens with one attached hydrogen (secondary N) is 2. The molecule has 3 atom stereocenters. The normalized spacial score (nSPS) is 22.7. The molecule has 0 aromatic heterocycles. The summed E-state index contributed by atoms with van der Waals surface area (Å²) in [5.74, 6) is -1.03. The zero-order valence-corrected chi connectivity index (χ0v) is 10.2. The lowest BCUT2D eigenvalue weighted by Crippen LogP contribution is -2.53. The van der Waals surface area contributed by atoms with E-state index in [0.717, 1.165) is 6.42 Å². The second-order valence-corrected chi connectivity index (χ2v) is 4.43. The van der Waals surface area contributed by atoms with Gasteiger partial charge in [0, 0.05) is 6.42 Å². The van der Waals surface area contributed by atoms with Crippen LogP contribution in [-0.2, 0) is 14.4 Å². The number of nitrogens with two attached hydrogens (primary N) is 1. The molecule has 0 bridgehead atoms. The highest BCUT2D eigenvalue weighted by atomic mass is 16.2. The highest BCUT2D eigenvalue weighted by Gasteiger charge is 2.31. The monoisotopic (exact) mass is 241 g/mol. The van der Waals surface area contributed by atoms with Gasteiger partial charge < -0.3 is 16.4 Å². The SMILES string of the molecule is CC[C@@H](C)[C@@H](NC(=O)[C@H]1CCC(=O)N1)C(N)=O. The largest absolute Gasteiger partial charge is 0.368 e. The third-order valence-corrected chi connectivity index (χ3v) is 3.13. The molecule has 0 spiro atoms. The molecular weight excluding hydrogens is 222 g/mol. The lowest BCUT2D eigenvalue weighted by molar-refractivity contribution is -0.130. The molecule has 17 heavy (non-hydrogen) atoms. The maximum Gasteiger partial charge on any atom is 0.243 e. The molecule has 0 aliphatic carbocycles. The lowest BCUT2D eigenvalue weighted by atomic mass is 9.98. The summed E-state index contributed by atoms with van der Waals surface area (Å²) in [6.07, 6.45) is 1.56. The number of hydrogen-bond acceptors (Lipinski definition) is 3. The molecular formula is C11H19N3O3. The zero-order chi connectivity index (χ0) is 13.0. The van der Waals surface area contributed by atoms with Crippen molar-refractivity contribution in [1.29, 1.82) is 0 Å². The third kappa shape index (κ3) is 3.44. The van der Waals surface area contributed by atoms with Gasteiger partial charge >= 0.3 is 0 Å². The topological polar surface area (TPSA) is 101 Å². The van der Waals surface area contributed by atoms with Crippen LogP contribution in [0.1, 0.15) is 33.1 Å². The van der Waals surface area contributed by atoms with E-state index in [9.17, 15) is 14.4 Å². The predicted molar refractivity (Wildman–Crippen MR) is 61.7 cm³/mol. The maximum atomic E-state index is 11.8. The Kier molecular flexibility index (Phi) is 4.48. The molecule has 96 valence electrons. The second kappa shape index (κ2) is 5.65. The summed E-state index contributed by atoms with van der Waals surface area (Å²) in [6.45, 7) is 3.77. The minimum absolute atomic E-state index is 0.0199. The quantitative estimate of drug-likeness (QED) is 0.592. The highest BCUT2D eigenvalue weighted by molar-refractivity contribution is 5.93. The minimum Gasteiger partial charge on any atom is -0.368 e. The van der Waals surface area contributed by atoms with E-state index in [4.69, 9.17) is 5.73 Å². The molecule has 1 heterocycles. The van der Waals surface area contributed by atoms with Gasteiger partial charge in [0.2, 0.25) is 17.7 Å². The molecule has 1 aliphatic rings. The third-order valence-electron chi connectivity index (χ3n) is 3.13. The highest BCUT2D eigenvalue weighted by Crippen LogP contribution is 2.10. The summed E-state index contributed by atoms with van der Waals surface area (Å²) < 4.78 is 0. The Labute approximate surface area is 100 Å². The molecule has 6 nitrogen and oxygen atoms in total. The van der Waals surface area contributed by atoms with Gasteiger partial charge in [-0.05, 0) is 12.3 Å². The van der Waals surface area contributed by atoms with Gasteiger partial charge in [-0.2, -0.15) is 0 Å². The predicted octanol–water partition coefficient (Wildman–Crippen LogP) is -0.719. The van der Waals surface area contributed by atoms with Crippen molar-refractivity contribution < 1.29 is 14.4 Å². The van der Waals surface area contributed by atoms with Crippen LogP contribution in [-0.4, -0.2) is 29.8 Å². The van der Waals surface area contributed by atoms with E-state index in [-0.39, 0.29) is 17.7 Å². The molecule has 1 aliphatic heterocycles.